The first-order valence-corrected chi connectivity index (χ1v) is 7.28. The molecular weight excluding hydrogens is 248 g/mol. The molecule has 5 nitrogen and oxygen atoms in total. The summed E-state index contributed by atoms with van der Waals surface area (Å²) >= 11 is 1.58. The Labute approximate surface area is 110 Å². The molecule has 1 aliphatic carbocycles. The summed E-state index contributed by atoms with van der Waals surface area (Å²) in [5, 5.41) is 13.2. The fourth-order valence-corrected chi connectivity index (χ4v) is 2.92. The summed E-state index contributed by atoms with van der Waals surface area (Å²) in [6.45, 7) is 0.633. The second-order valence-electron chi connectivity index (χ2n) is 4.69. The van der Waals surface area contributed by atoms with Crippen LogP contribution in [0.15, 0.2) is 15.3 Å². The maximum absolute atomic E-state index is 5.59. The Balaban J connectivity index is 1.52. The molecule has 2 aromatic heterocycles. The normalized spacial score (nSPS) is 16.2. The largest absolute Gasteiger partial charge is 0.408 e. The van der Waals surface area contributed by atoms with Crippen molar-refractivity contribution in [1.29, 1.82) is 0 Å². The minimum absolute atomic E-state index is 0.496. The van der Waals surface area contributed by atoms with Crippen LogP contribution >= 0.6 is 11.3 Å². The SMILES string of the molecule is c1nc(CNc2nnc(CC3CCCC3)o2)cs1. The van der Waals surface area contributed by atoms with Gasteiger partial charge in [-0.3, -0.25) is 0 Å². The fraction of sp³-hybridized carbons (Fsp3) is 0.583. The standard InChI is InChI=1S/C12H16N4OS/c1-2-4-9(3-1)5-11-15-16-12(17-11)13-6-10-7-18-8-14-10/h7-9H,1-6H2,(H,13,16). The van der Waals surface area contributed by atoms with E-state index in [-0.39, 0.29) is 0 Å². The number of hydrogen-bond donors (Lipinski definition) is 1. The summed E-state index contributed by atoms with van der Waals surface area (Å²) in [7, 11) is 0. The summed E-state index contributed by atoms with van der Waals surface area (Å²) in [5.41, 5.74) is 2.81. The van der Waals surface area contributed by atoms with Gasteiger partial charge in [-0.2, -0.15) is 0 Å². The lowest BCUT2D eigenvalue weighted by atomic mass is 10.0. The molecule has 0 aromatic carbocycles. The number of hydrogen-bond acceptors (Lipinski definition) is 6. The molecule has 0 unspecified atom stereocenters. The molecular formula is C12H16N4OS. The number of nitrogens with one attached hydrogen (secondary N) is 1. The molecule has 96 valence electrons. The number of anilines is 1. The molecule has 3 rings (SSSR count). The lowest BCUT2D eigenvalue weighted by molar-refractivity contribution is 0.437. The van der Waals surface area contributed by atoms with Gasteiger partial charge in [0.15, 0.2) is 0 Å². The van der Waals surface area contributed by atoms with Gasteiger partial charge in [0.05, 0.1) is 17.7 Å². The van der Waals surface area contributed by atoms with E-state index >= 15 is 0 Å². The third kappa shape index (κ3) is 2.87. The number of thiazole rings is 1. The second kappa shape index (κ2) is 5.48. The van der Waals surface area contributed by atoms with Gasteiger partial charge in [-0.15, -0.1) is 16.4 Å². The summed E-state index contributed by atoms with van der Waals surface area (Å²) in [6, 6.07) is 0.496. The number of aromatic nitrogens is 3. The molecule has 0 aliphatic heterocycles. The Hall–Kier alpha value is -1.43. The smallest absolute Gasteiger partial charge is 0.315 e. The number of nitrogens with zero attached hydrogens (tertiary/aromatic N) is 3. The molecule has 1 saturated carbocycles. The molecule has 1 fully saturated rings. The summed E-state index contributed by atoms with van der Waals surface area (Å²) in [6.07, 6.45) is 6.20. The second-order valence-corrected chi connectivity index (χ2v) is 5.41. The van der Waals surface area contributed by atoms with E-state index in [9.17, 15) is 0 Å². The summed E-state index contributed by atoms with van der Waals surface area (Å²) in [5.74, 6) is 1.49. The minimum Gasteiger partial charge on any atom is -0.408 e. The topological polar surface area (TPSA) is 63.8 Å². The van der Waals surface area contributed by atoms with Gasteiger partial charge in [0, 0.05) is 11.8 Å². The highest BCUT2D eigenvalue weighted by molar-refractivity contribution is 7.07. The average Bonchev–Trinajstić information content (AvgIpc) is 3.09. The van der Waals surface area contributed by atoms with E-state index in [1.54, 1.807) is 11.3 Å². The maximum Gasteiger partial charge on any atom is 0.315 e. The van der Waals surface area contributed by atoms with E-state index in [1.165, 1.54) is 25.7 Å². The van der Waals surface area contributed by atoms with E-state index in [2.05, 4.69) is 20.5 Å². The Bertz CT molecular complexity index is 476. The van der Waals surface area contributed by atoms with Crippen LogP contribution in [-0.2, 0) is 13.0 Å². The molecule has 2 heterocycles. The van der Waals surface area contributed by atoms with Crippen molar-refractivity contribution in [2.45, 2.75) is 38.6 Å². The molecule has 18 heavy (non-hydrogen) atoms. The Morgan fingerprint density at radius 2 is 2.22 bits per heavy atom. The van der Waals surface area contributed by atoms with Crippen molar-refractivity contribution in [3.05, 3.63) is 22.5 Å². The fourth-order valence-electron chi connectivity index (χ4n) is 2.36. The molecule has 0 saturated heterocycles. The third-order valence-electron chi connectivity index (χ3n) is 3.31. The van der Waals surface area contributed by atoms with Crippen LogP contribution in [0.1, 0.15) is 37.3 Å². The quantitative estimate of drug-likeness (QED) is 0.899. The van der Waals surface area contributed by atoms with Crippen LogP contribution in [0.4, 0.5) is 6.01 Å². The van der Waals surface area contributed by atoms with Crippen molar-refractivity contribution in [1.82, 2.24) is 15.2 Å². The van der Waals surface area contributed by atoms with Crippen molar-refractivity contribution < 1.29 is 4.42 Å². The lowest BCUT2D eigenvalue weighted by Gasteiger charge is -2.03. The van der Waals surface area contributed by atoms with Gasteiger partial charge in [-0.1, -0.05) is 17.9 Å². The molecule has 0 atom stereocenters. The number of rotatable bonds is 5. The maximum atomic E-state index is 5.59. The van der Waals surface area contributed by atoms with E-state index in [1.807, 2.05) is 10.9 Å². The average molecular weight is 264 g/mol. The van der Waals surface area contributed by atoms with Crippen LogP contribution in [0, 0.1) is 5.92 Å². The molecule has 0 amide bonds. The van der Waals surface area contributed by atoms with Crippen LogP contribution in [0.2, 0.25) is 0 Å². The Morgan fingerprint density at radius 3 is 3.00 bits per heavy atom. The Kier molecular flexibility index (Phi) is 3.54. The molecule has 1 N–H and O–H groups in total. The van der Waals surface area contributed by atoms with Gasteiger partial charge in [-0.25, -0.2) is 4.98 Å². The first-order chi connectivity index (χ1) is 8.90. The van der Waals surface area contributed by atoms with Crippen LogP contribution in [0.3, 0.4) is 0 Å². The molecule has 0 spiro atoms. The van der Waals surface area contributed by atoms with Gasteiger partial charge in [-0.05, 0) is 18.8 Å². The predicted octanol–water partition coefficient (Wildman–Crippen LogP) is 2.87. The van der Waals surface area contributed by atoms with Gasteiger partial charge in [0.25, 0.3) is 0 Å². The van der Waals surface area contributed by atoms with Crippen molar-refractivity contribution in [2.75, 3.05) is 5.32 Å². The van der Waals surface area contributed by atoms with Gasteiger partial charge in [0.2, 0.25) is 5.89 Å². The van der Waals surface area contributed by atoms with E-state index in [0.717, 1.165) is 23.9 Å². The highest BCUT2D eigenvalue weighted by Gasteiger charge is 2.18. The van der Waals surface area contributed by atoms with Crippen LogP contribution in [0.5, 0.6) is 0 Å². The molecule has 6 heteroatoms. The summed E-state index contributed by atoms with van der Waals surface area (Å²) < 4.78 is 5.59. The highest BCUT2D eigenvalue weighted by atomic mass is 32.1. The van der Waals surface area contributed by atoms with E-state index in [4.69, 9.17) is 4.42 Å². The first kappa shape index (κ1) is 11.6. The third-order valence-corrected chi connectivity index (χ3v) is 3.94. The van der Waals surface area contributed by atoms with Crippen molar-refractivity contribution in [2.24, 2.45) is 5.92 Å². The van der Waals surface area contributed by atoms with E-state index < -0.39 is 0 Å². The van der Waals surface area contributed by atoms with Crippen LogP contribution < -0.4 is 5.32 Å². The molecule has 0 bridgehead atoms. The predicted molar refractivity (Wildman–Crippen MR) is 69.4 cm³/mol. The monoisotopic (exact) mass is 264 g/mol. The highest BCUT2D eigenvalue weighted by Crippen LogP contribution is 2.27. The molecule has 1 aliphatic rings. The zero-order valence-electron chi connectivity index (χ0n) is 10.1. The summed E-state index contributed by atoms with van der Waals surface area (Å²) in [4.78, 5) is 4.19. The minimum atomic E-state index is 0.496. The van der Waals surface area contributed by atoms with Crippen molar-refractivity contribution in [3.63, 3.8) is 0 Å². The lowest BCUT2D eigenvalue weighted by Crippen LogP contribution is -1.99. The molecule has 0 radical (unpaired) electrons. The van der Waals surface area contributed by atoms with Crippen molar-refractivity contribution >= 4 is 17.4 Å². The van der Waals surface area contributed by atoms with E-state index in [0.29, 0.717) is 12.6 Å². The van der Waals surface area contributed by atoms with Crippen LogP contribution in [0.25, 0.3) is 0 Å². The van der Waals surface area contributed by atoms with Gasteiger partial charge >= 0.3 is 6.01 Å². The van der Waals surface area contributed by atoms with Gasteiger partial charge < -0.3 is 9.73 Å². The van der Waals surface area contributed by atoms with Crippen LogP contribution in [-0.4, -0.2) is 15.2 Å². The first-order valence-electron chi connectivity index (χ1n) is 6.33. The zero-order chi connectivity index (χ0) is 12.2. The zero-order valence-corrected chi connectivity index (χ0v) is 10.9. The van der Waals surface area contributed by atoms with Gasteiger partial charge in [0.1, 0.15) is 0 Å². The van der Waals surface area contributed by atoms with Crippen molar-refractivity contribution in [3.8, 4) is 0 Å². The molecule has 2 aromatic rings. The Morgan fingerprint density at radius 1 is 1.33 bits per heavy atom.